The summed E-state index contributed by atoms with van der Waals surface area (Å²) in [4.78, 5) is 33.9. The molecule has 0 radical (unpaired) electrons. The first-order chi connectivity index (χ1) is 19.0. The maximum atomic E-state index is 13.1. The summed E-state index contributed by atoms with van der Waals surface area (Å²) >= 11 is 1.74. The van der Waals surface area contributed by atoms with Gasteiger partial charge in [-0.1, -0.05) is 36.1 Å². The van der Waals surface area contributed by atoms with Gasteiger partial charge >= 0.3 is 5.97 Å². The van der Waals surface area contributed by atoms with Gasteiger partial charge in [-0.05, 0) is 54.0 Å². The van der Waals surface area contributed by atoms with Crippen molar-refractivity contribution >= 4 is 17.7 Å². The Morgan fingerprint density at radius 1 is 1.10 bits per heavy atom. The molecular formula is C30H31N3O5S. The molecule has 0 bridgehead atoms. The molecule has 8 nitrogen and oxygen atoms in total. The van der Waals surface area contributed by atoms with Gasteiger partial charge in [-0.2, -0.15) is 11.8 Å². The van der Waals surface area contributed by atoms with Crippen LogP contribution in [0.2, 0.25) is 0 Å². The highest BCUT2D eigenvalue weighted by Gasteiger charge is 2.31. The largest absolute Gasteiger partial charge is 0.502 e. The molecule has 2 aliphatic rings. The van der Waals surface area contributed by atoms with Gasteiger partial charge in [-0.15, -0.1) is 0 Å². The smallest absolute Gasteiger partial charge is 0.315 e. The van der Waals surface area contributed by atoms with Gasteiger partial charge in [0, 0.05) is 36.5 Å². The van der Waals surface area contributed by atoms with Gasteiger partial charge in [0.2, 0.25) is 5.75 Å². The molecule has 2 unspecified atom stereocenters. The lowest BCUT2D eigenvalue weighted by atomic mass is 9.94. The summed E-state index contributed by atoms with van der Waals surface area (Å²) in [6.07, 6.45) is 2.06. The number of nitrogens with zero attached hydrogens (tertiary/aromatic N) is 2. The topological polar surface area (TPSA) is 105 Å². The van der Waals surface area contributed by atoms with Crippen molar-refractivity contribution in [2.24, 2.45) is 0 Å². The van der Waals surface area contributed by atoms with Gasteiger partial charge in [0.05, 0.1) is 19.5 Å². The molecule has 5 rings (SSSR count). The van der Waals surface area contributed by atoms with Crippen LogP contribution in [0.4, 0.5) is 0 Å². The number of benzene rings is 2. The van der Waals surface area contributed by atoms with Crippen LogP contribution in [-0.4, -0.2) is 69.9 Å². The van der Waals surface area contributed by atoms with Crippen LogP contribution in [0.3, 0.4) is 0 Å². The molecule has 0 aliphatic carbocycles. The zero-order valence-corrected chi connectivity index (χ0v) is 22.4. The molecule has 3 heterocycles. The summed E-state index contributed by atoms with van der Waals surface area (Å²) in [7, 11) is 0. The van der Waals surface area contributed by atoms with Crippen molar-refractivity contribution in [3.05, 3.63) is 93.2 Å². The van der Waals surface area contributed by atoms with Crippen LogP contribution in [-0.2, 0) is 27.2 Å². The maximum absolute atomic E-state index is 13.1. The lowest BCUT2D eigenvalue weighted by molar-refractivity contribution is -0.149. The number of morpholine rings is 1. The van der Waals surface area contributed by atoms with Crippen LogP contribution in [0.15, 0.2) is 59.7 Å². The van der Waals surface area contributed by atoms with E-state index < -0.39 is 23.2 Å². The second-order valence-corrected chi connectivity index (χ2v) is 10.8. The van der Waals surface area contributed by atoms with Gasteiger partial charge in [0.1, 0.15) is 17.7 Å². The Morgan fingerprint density at radius 3 is 2.41 bits per heavy atom. The Balaban J connectivity index is 1.25. The second kappa shape index (κ2) is 13.0. The molecule has 2 fully saturated rings. The predicted octanol–water partition coefficient (Wildman–Crippen LogP) is 3.08. The molecule has 2 aromatic carbocycles. The number of carbonyl (C=O) groups is 1. The average Bonchev–Trinajstić information content (AvgIpc) is 3.47. The lowest BCUT2D eigenvalue weighted by Gasteiger charge is -2.26. The number of thioether (sulfide) groups is 1. The van der Waals surface area contributed by atoms with Gasteiger partial charge in [0.25, 0.3) is 5.56 Å². The quantitative estimate of drug-likeness (QED) is 0.345. The van der Waals surface area contributed by atoms with Crippen molar-refractivity contribution in [2.75, 3.05) is 37.8 Å². The van der Waals surface area contributed by atoms with Crippen LogP contribution >= 0.6 is 11.8 Å². The Kier molecular flexibility index (Phi) is 8.99. The summed E-state index contributed by atoms with van der Waals surface area (Å²) < 4.78 is 11.1. The number of hydrogen-bond donors (Lipinski definition) is 2. The van der Waals surface area contributed by atoms with Crippen molar-refractivity contribution < 1.29 is 19.4 Å². The average molecular weight is 546 g/mol. The Hall–Kier alpha value is -3.58. The van der Waals surface area contributed by atoms with E-state index in [4.69, 9.17) is 9.47 Å². The van der Waals surface area contributed by atoms with Crippen molar-refractivity contribution in [3.8, 4) is 17.6 Å². The third-order valence-corrected chi connectivity index (χ3v) is 7.98. The minimum absolute atomic E-state index is 0.0235. The van der Waals surface area contributed by atoms with Crippen LogP contribution < -0.4 is 5.56 Å². The van der Waals surface area contributed by atoms with Crippen molar-refractivity contribution in [1.29, 1.82) is 0 Å². The van der Waals surface area contributed by atoms with Crippen molar-refractivity contribution in [2.45, 2.75) is 31.4 Å². The summed E-state index contributed by atoms with van der Waals surface area (Å²) in [5.74, 6) is 6.15. The van der Waals surface area contributed by atoms with Gasteiger partial charge in [0.15, 0.2) is 0 Å². The first-order valence-electron chi connectivity index (χ1n) is 13.1. The minimum atomic E-state index is -0.897. The first-order valence-corrected chi connectivity index (χ1v) is 14.3. The number of aromatic amines is 1. The Morgan fingerprint density at radius 2 is 1.77 bits per heavy atom. The van der Waals surface area contributed by atoms with E-state index in [-0.39, 0.29) is 18.2 Å². The molecule has 0 spiro atoms. The molecule has 39 heavy (non-hydrogen) atoms. The fourth-order valence-corrected chi connectivity index (χ4v) is 5.71. The summed E-state index contributed by atoms with van der Waals surface area (Å²) in [5, 5.41) is 10.3. The van der Waals surface area contributed by atoms with E-state index in [2.05, 4.69) is 38.8 Å². The van der Waals surface area contributed by atoms with Crippen LogP contribution in [0, 0.1) is 11.8 Å². The number of esters is 1. The number of nitrogens with one attached hydrogen (secondary N) is 1. The molecule has 202 valence electrons. The van der Waals surface area contributed by atoms with Crippen molar-refractivity contribution in [3.63, 3.8) is 0 Å². The van der Waals surface area contributed by atoms with E-state index in [1.807, 2.05) is 36.4 Å². The monoisotopic (exact) mass is 545 g/mol. The molecule has 2 saturated heterocycles. The molecule has 2 atom stereocenters. The molecule has 2 aliphatic heterocycles. The standard InChI is InChI=1S/C30H31N3O5S/c34-28-27(31-20-32-29(28)35)26(30(36)38-25-11-16-39-19-25)17-23-7-3-21(4-8-23)1-2-22-5-9-24(10-6-22)18-33-12-14-37-15-13-33/h3-10,20,25-26,34H,11-19H2,(H,31,32,35). The normalized spacial score (nSPS) is 18.2. The van der Waals surface area contributed by atoms with E-state index in [1.54, 1.807) is 11.8 Å². The summed E-state index contributed by atoms with van der Waals surface area (Å²) in [6.45, 7) is 4.41. The Labute approximate surface area is 231 Å². The SMILES string of the molecule is O=C(OC1CCSC1)C(Cc1ccc(C#Cc2ccc(CN3CCOCC3)cc2)cc1)c1nc[nH]c(=O)c1O. The third kappa shape index (κ3) is 7.30. The lowest BCUT2D eigenvalue weighted by Crippen LogP contribution is -2.35. The first kappa shape index (κ1) is 27.0. The van der Waals surface area contributed by atoms with E-state index in [0.717, 1.165) is 67.5 Å². The highest BCUT2D eigenvalue weighted by Crippen LogP contribution is 2.28. The zero-order chi connectivity index (χ0) is 27.0. The zero-order valence-electron chi connectivity index (χ0n) is 21.6. The van der Waals surface area contributed by atoms with Gasteiger partial charge in [-0.3, -0.25) is 14.5 Å². The van der Waals surface area contributed by atoms with E-state index in [9.17, 15) is 14.7 Å². The van der Waals surface area contributed by atoms with Gasteiger partial charge < -0.3 is 19.6 Å². The molecule has 3 aromatic rings. The van der Waals surface area contributed by atoms with E-state index >= 15 is 0 Å². The summed E-state index contributed by atoms with van der Waals surface area (Å²) in [5.41, 5.74) is 3.22. The van der Waals surface area contributed by atoms with Crippen molar-refractivity contribution in [1.82, 2.24) is 14.9 Å². The predicted molar refractivity (Wildman–Crippen MR) is 150 cm³/mol. The Bertz CT molecular complexity index is 1380. The number of carbonyl (C=O) groups excluding carboxylic acids is 1. The minimum Gasteiger partial charge on any atom is -0.502 e. The molecule has 0 amide bonds. The summed E-state index contributed by atoms with van der Waals surface area (Å²) in [6, 6.07) is 15.9. The van der Waals surface area contributed by atoms with Crippen LogP contribution in [0.5, 0.6) is 5.75 Å². The number of aromatic nitrogens is 2. The van der Waals surface area contributed by atoms with Crippen LogP contribution in [0.1, 0.15) is 40.3 Å². The second-order valence-electron chi connectivity index (χ2n) is 9.68. The number of rotatable bonds is 7. The van der Waals surface area contributed by atoms with Gasteiger partial charge in [-0.25, -0.2) is 4.98 Å². The number of aromatic hydroxyl groups is 1. The number of hydrogen-bond acceptors (Lipinski definition) is 8. The molecule has 1 aromatic heterocycles. The van der Waals surface area contributed by atoms with Crippen LogP contribution in [0.25, 0.3) is 0 Å². The molecule has 9 heteroatoms. The number of ether oxygens (including phenoxy) is 2. The molecule has 0 saturated carbocycles. The van der Waals surface area contributed by atoms with E-state index in [1.165, 1.54) is 11.9 Å². The third-order valence-electron chi connectivity index (χ3n) is 6.85. The molecule has 2 N–H and O–H groups in total. The fourth-order valence-electron chi connectivity index (χ4n) is 4.62. The fraction of sp³-hybridized carbons (Fsp3) is 0.367. The highest BCUT2D eigenvalue weighted by atomic mass is 32.2. The highest BCUT2D eigenvalue weighted by molar-refractivity contribution is 7.99. The molecular weight excluding hydrogens is 514 g/mol. The van der Waals surface area contributed by atoms with E-state index in [0.29, 0.717) is 0 Å². The maximum Gasteiger partial charge on any atom is 0.315 e. The number of H-pyrrole nitrogens is 1.